The first kappa shape index (κ1) is 12.9. The molecule has 1 aromatic rings. The molecule has 4 heteroatoms. The molecule has 2 heterocycles. The minimum absolute atomic E-state index is 0. The van der Waals surface area contributed by atoms with Crippen LogP contribution in [0.2, 0.25) is 0 Å². The van der Waals surface area contributed by atoms with Gasteiger partial charge < -0.3 is 14.6 Å². The molecule has 2 aliphatic rings. The maximum atomic E-state index is 5.32. The quantitative estimate of drug-likeness (QED) is 0.876. The van der Waals surface area contributed by atoms with Gasteiger partial charge in [-0.25, -0.2) is 0 Å². The van der Waals surface area contributed by atoms with E-state index in [1.54, 1.807) is 6.26 Å². The molecule has 1 aliphatic carbocycles. The van der Waals surface area contributed by atoms with Crippen molar-refractivity contribution in [2.24, 2.45) is 5.92 Å². The second-order valence-electron chi connectivity index (χ2n) is 5.15. The van der Waals surface area contributed by atoms with Gasteiger partial charge in [-0.2, -0.15) is 0 Å². The molecule has 0 aromatic carbocycles. The smallest absolute Gasteiger partial charge is 0.117 e. The van der Waals surface area contributed by atoms with Gasteiger partial charge in [-0.3, -0.25) is 0 Å². The molecular weight excluding hydrogens is 236 g/mol. The van der Waals surface area contributed by atoms with Gasteiger partial charge in [0.1, 0.15) is 5.76 Å². The van der Waals surface area contributed by atoms with Gasteiger partial charge in [0.25, 0.3) is 0 Å². The maximum Gasteiger partial charge on any atom is 0.117 e. The Bertz CT molecular complexity index is 324. The second-order valence-corrected chi connectivity index (χ2v) is 5.15. The van der Waals surface area contributed by atoms with Gasteiger partial charge in [0, 0.05) is 19.1 Å². The molecule has 1 saturated heterocycles. The average molecular weight is 257 g/mol. The lowest BCUT2D eigenvalue weighted by Gasteiger charge is -2.15. The van der Waals surface area contributed by atoms with Crippen molar-refractivity contribution in [2.45, 2.75) is 31.8 Å². The Hall–Kier alpha value is -0.510. The van der Waals surface area contributed by atoms with E-state index in [-0.39, 0.29) is 12.4 Å². The van der Waals surface area contributed by atoms with Crippen LogP contribution >= 0.6 is 12.4 Å². The summed E-state index contributed by atoms with van der Waals surface area (Å²) in [7, 11) is 0. The Morgan fingerprint density at radius 3 is 2.94 bits per heavy atom. The lowest BCUT2D eigenvalue weighted by Crippen LogP contribution is -2.32. The van der Waals surface area contributed by atoms with E-state index in [1.807, 2.05) is 12.1 Å². The van der Waals surface area contributed by atoms with Crippen molar-refractivity contribution >= 4 is 12.4 Å². The van der Waals surface area contributed by atoms with Gasteiger partial charge in [-0.1, -0.05) is 0 Å². The van der Waals surface area contributed by atoms with Gasteiger partial charge in [0.15, 0.2) is 0 Å². The fourth-order valence-corrected chi connectivity index (χ4v) is 2.49. The van der Waals surface area contributed by atoms with E-state index >= 15 is 0 Å². The number of nitrogens with one attached hydrogen (secondary N) is 1. The summed E-state index contributed by atoms with van der Waals surface area (Å²) < 4.78 is 5.32. The van der Waals surface area contributed by atoms with E-state index in [0.29, 0.717) is 6.04 Å². The maximum absolute atomic E-state index is 5.32. The van der Waals surface area contributed by atoms with Gasteiger partial charge >= 0.3 is 0 Å². The monoisotopic (exact) mass is 256 g/mol. The van der Waals surface area contributed by atoms with Crippen LogP contribution in [0.5, 0.6) is 0 Å². The zero-order valence-corrected chi connectivity index (χ0v) is 10.9. The summed E-state index contributed by atoms with van der Waals surface area (Å²) in [6.07, 6.45) is 5.94. The lowest BCUT2D eigenvalue weighted by atomic mass is 10.2. The average Bonchev–Trinajstić information content (AvgIpc) is 2.81. The molecule has 2 fully saturated rings. The van der Waals surface area contributed by atoms with Gasteiger partial charge in [0.05, 0.1) is 12.8 Å². The summed E-state index contributed by atoms with van der Waals surface area (Å²) in [5.74, 6) is 2.06. The van der Waals surface area contributed by atoms with Crippen LogP contribution in [0.25, 0.3) is 0 Å². The molecule has 0 radical (unpaired) electrons. The molecule has 0 spiro atoms. The van der Waals surface area contributed by atoms with Crippen LogP contribution in [-0.2, 0) is 6.54 Å². The zero-order valence-electron chi connectivity index (χ0n) is 10.1. The highest BCUT2D eigenvalue weighted by Gasteiger charge is 2.28. The largest absolute Gasteiger partial charge is 0.468 e. The first-order valence-electron chi connectivity index (χ1n) is 6.38. The highest BCUT2D eigenvalue weighted by atomic mass is 35.5. The molecule has 1 N–H and O–H groups in total. The summed E-state index contributed by atoms with van der Waals surface area (Å²) in [5.41, 5.74) is 0. The fraction of sp³-hybridized carbons (Fsp3) is 0.692. The van der Waals surface area contributed by atoms with Crippen molar-refractivity contribution < 1.29 is 4.42 Å². The number of hydrogen-bond acceptors (Lipinski definition) is 3. The molecule has 1 aromatic heterocycles. The molecular formula is C13H21ClN2O. The molecule has 1 saturated carbocycles. The number of halogens is 1. The minimum atomic E-state index is 0. The van der Waals surface area contributed by atoms with Crippen LogP contribution in [-0.4, -0.2) is 30.6 Å². The standard InChI is InChI=1S/C13H20N2O.ClH/c1-2-13(16-7-1)8-14-12-5-6-15(10-12)9-11-3-4-11;/h1-2,7,11-12,14H,3-6,8-10H2;1H. The van der Waals surface area contributed by atoms with Crippen LogP contribution in [0.1, 0.15) is 25.0 Å². The van der Waals surface area contributed by atoms with E-state index in [0.717, 1.165) is 18.2 Å². The molecule has 0 amide bonds. The Kier molecular flexibility index (Phi) is 4.48. The third-order valence-corrected chi connectivity index (χ3v) is 3.63. The lowest BCUT2D eigenvalue weighted by molar-refractivity contribution is 0.312. The molecule has 17 heavy (non-hydrogen) atoms. The molecule has 3 nitrogen and oxygen atoms in total. The third-order valence-electron chi connectivity index (χ3n) is 3.63. The summed E-state index contributed by atoms with van der Waals surface area (Å²) >= 11 is 0. The Balaban J connectivity index is 0.00000108. The molecule has 1 unspecified atom stereocenters. The van der Waals surface area contributed by atoms with Crippen molar-refractivity contribution in [3.8, 4) is 0 Å². The third kappa shape index (κ3) is 3.73. The van der Waals surface area contributed by atoms with Crippen LogP contribution < -0.4 is 5.32 Å². The highest BCUT2D eigenvalue weighted by molar-refractivity contribution is 5.85. The predicted molar refractivity (Wildman–Crippen MR) is 70.4 cm³/mol. The normalized spacial score (nSPS) is 24.8. The van der Waals surface area contributed by atoms with Crippen molar-refractivity contribution in [1.29, 1.82) is 0 Å². The number of hydrogen-bond donors (Lipinski definition) is 1. The van der Waals surface area contributed by atoms with E-state index < -0.39 is 0 Å². The summed E-state index contributed by atoms with van der Waals surface area (Å²) in [4.78, 5) is 2.61. The molecule has 1 aliphatic heterocycles. The van der Waals surface area contributed by atoms with Gasteiger partial charge in [-0.15, -0.1) is 12.4 Å². The Labute approximate surface area is 109 Å². The first-order valence-corrected chi connectivity index (χ1v) is 6.38. The van der Waals surface area contributed by atoms with Crippen LogP contribution in [0.15, 0.2) is 22.8 Å². The van der Waals surface area contributed by atoms with Crippen molar-refractivity contribution in [3.05, 3.63) is 24.2 Å². The van der Waals surface area contributed by atoms with Crippen molar-refractivity contribution in [1.82, 2.24) is 10.2 Å². The first-order chi connectivity index (χ1) is 7.90. The van der Waals surface area contributed by atoms with Crippen LogP contribution in [0, 0.1) is 5.92 Å². The number of rotatable bonds is 5. The van der Waals surface area contributed by atoms with Crippen molar-refractivity contribution in [3.63, 3.8) is 0 Å². The van der Waals surface area contributed by atoms with Gasteiger partial charge in [0.2, 0.25) is 0 Å². The second kappa shape index (κ2) is 5.89. The van der Waals surface area contributed by atoms with E-state index in [9.17, 15) is 0 Å². The summed E-state index contributed by atoms with van der Waals surface area (Å²) in [6.45, 7) is 4.69. The fourth-order valence-electron chi connectivity index (χ4n) is 2.49. The predicted octanol–water partition coefficient (Wildman–Crippen LogP) is 2.28. The highest BCUT2D eigenvalue weighted by Crippen LogP contribution is 2.30. The van der Waals surface area contributed by atoms with E-state index in [1.165, 1.54) is 38.9 Å². The number of nitrogens with zero attached hydrogens (tertiary/aromatic N) is 1. The Morgan fingerprint density at radius 2 is 2.24 bits per heavy atom. The van der Waals surface area contributed by atoms with Gasteiger partial charge in [-0.05, 0) is 43.9 Å². The summed E-state index contributed by atoms with van der Waals surface area (Å²) in [5, 5.41) is 3.57. The topological polar surface area (TPSA) is 28.4 Å². The number of likely N-dealkylation sites (tertiary alicyclic amines) is 1. The zero-order chi connectivity index (χ0) is 10.8. The summed E-state index contributed by atoms with van der Waals surface area (Å²) in [6, 6.07) is 4.64. The molecule has 96 valence electrons. The minimum Gasteiger partial charge on any atom is -0.468 e. The Morgan fingerprint density at radius 1 is 1.35 bits per heavy atom. The van der Waals surface area contributed by atoms with Crippen molar-refractivity contribution in [2.75, 3.05) is 19.6 Å². The number of furan rings is 1. The van der Waals surface area contributed by atoms with Crippen LogP contribution in [0.4, 0.5) is 0 Å². The van der Waals surface area contributed by atoms with E-state index in [2.05, 4.69) is 10.2 Å². The van der Waals surface area contributed by atoms with Crippen LogP contribution in [0.3, 0.4) is 0 Å². The molecule has 0 bridgehead atoms. The SMILES string of the molecule is Cl.c1coc(CNC2CCN(CC3CC3)C2)c1. The molecule has 1 atom stereocenters. The van der Waals surface area contributed by atoms with E-state index in [4.69, 9.17) is 4.42 Å². The molecule has 3 rings (SSSR count).